The van der Waals surface area contributed by atoms with E-state index in [2.05, 4.69) is 15.3 Å². The molecule has 10 nitrogen and oxygen atoms in total. The van der Waals surface area contributed by atoms with Crippen LogP contribution in [0.15, 0.2) is 27.8 Å². The van der Waals surface area contributed by atoms with Crippen LogP contribution in [0.4, 0.5) is 5.69 Å². The number of anilines is 1. The Morgan fingerprint density at radius 2 is 2.10 bits per heavy atom. The van der Waals surface area contributed by atoms with Gasteiger partial charge >= 0.3 is 11.7 Å². The number of unbranched alkanes of at least 4 members (excludes halogenated alkanes) is 1. The monoisotopic (exact) mass is 445 g/mol. The van der Waals surface area contributed by atoms with E-state index in [9.17, 15) is 14.4 Å². The summed E-state index contributed by atoms with van der Waals surface area (Å²) in [7, 11) is 0. The summed E-state index contributed by atoms with van der Waals surface area (Å²) in [6.07, 6.45) is 1.72. The number of imidazole rings is 1. The Morgan fingerprint density at radius 3 is 2.81 bits per heavy atom. The second-order valence-corrected chi connectivity index (χ2v) is 8.18. The van der Waals surface area contributed by atoms with Crippen LogP contribution in [-0.2, 0) is 18.8 Å². The van der Waals surface area contributed by atoms with Gasteiger partial charge in [0.25, 0.3) is 5.56 Å². The highest BCUT2D eigenvalue weighted by molar-refractivity contribution is 7.99. The Labute approximate surface area is 181 Å². The van der Waals surface area contributed by atoms with Gasteiger partial charge < -0.3 is 19.7 Å². The van der Waals surface area contributed by atoms with Crippen LogP contribution >= 0.6 is 11.8 Å². The fourth-order valence-electron chi connectivity index (χ4n) is 3.57. The van der Waals surface area contributed by atoms with Crippen molar-refractivity contribution in [2.75, 3.05) is 5.32 Å². The maximum Gasteiger partial charge on any atom is 0.335 e. The number of rotatable bonds is 8. The number of H-pyrrole nitrogens is 1. The van der Waals surface area contributed by atoms with E-state index in [0.29, 0.717) is 47.3 Å². The quantitative estimate of drug-likeness (QED) is 0.482. The van der Waals surface area contributed by atoms with Crippen LogP contribution in [0.25, 0.3) is 11.2 Å². The van der Waals surface area contributed by atoms with Crippen molar-refractivity contribution in [2.45, 2.75) is 51.1 Å². The predicted molar refractivity (Wildman–Crippen MR) is 118 cm³/mol. The molecule has 1 aliphatic heterocycles. The Hall–Kier alpha value is -3.21. The van der Waals surface area contributed by atoms with Crippen LogP contribution in [0.3, 0.4) is 0 Å². The lowest BCUT2D eigenvalue weighted by Crippen LogP contribution is -2.31. The summed E-state index contributed by atoms with van der Waals surface area (Å²) in [5.74, 6) is 0.672. The molecule has 3 N–H and O–H groups in total. The minimum atomic E-state index is -1.00. The van der Waals surface area contributed by atoms with Crippen molar-refractivity contribution in [3.05, 3.63) is 50.4 Å². The van der Waals surface area contributed by atoms with Crippen molar-refractivity contribution >= 4 is 34.6 Å². The minimum absolute atomic E-state index is 0.178. The number of carbonyl (C=O) groups is 1. The van der Waals surface area contributed by atoms with Gasteiger partial charge in [0.05, 0.1) is 17.0 Å². The second-order valence-electron chi connectivity index (χ2n) is 7.13. The molecule has 0 amide bonds. The van der Waals surface area contributed by atoms with Gasteiger partial charge in [0.1, 0.15) is 11.6 Å². The summed E-state index contributed by atoms with van der Waals surface area (Å²) < 4.78 is 9.16. The van der Waals surface area contributed by atoms with E-state index in [0.717, 1.165) is 12.8 Å². The summed E-state index contributed by atoms with van der Waals surface area (Å²) >= 11 is 1.42. The number of thioether (sulfide) groups is 1. The third-order valence-electron chi connectivity index (χ3n) is 5.11. The molecule has 1 unspecified atom stereocenters. The molecule has 0 saturated carbocycles. The van der Waals surface area contributed by atoms with Gasteiger partial charge in [-0.15, -0.1) is 0 Å². The lowest BCUT2D eigenvalue weighted by atomic mass is 10.2. The van der Waals surface area contributed by atoms with E-state index in [1.807, 2.05) is 18.4 Å². The Balaban J connectivity index is 1.59. The standard InChI is InChI=1S/C20H23N5O5S/c1-3-5-8-25-16-15(17(26)23-19(25)29)24(4-2)14(22-16)10-31-20-21-12-9-11(18(27)28)6-7-13(12)30-20/h6-7,9,20-21H,3-5,8,10H2,1-2H3,(H,27,28)(H,23,26,29). The molecule has 11 heteroatoms. The number of hydrogen-bond acceptors (Lipinski definition) is 7. The van der Waals surface area contributed by atoms with Gasteiger partial charge in [0.2, 0.25) is 5.56 Å². The number of hydrogen-bond donors (Lipinski definition) is 3. The van der Waals surface area contributed by atoms with Crippen molar-refractivity contribution in [3.8, 4) is 5.75 Å². The number of aromatic nitrogens is 4. The van der Waals surface area contributed by atoms with E-state index in [1.165, 1.54) is 28.5 Å². The summed E-state index contributed by atoms with van der Waals surface area (Å²) in [6, 6.07) is 4.65. The zero-order valence-electron chi connectivity index (χ0n) is 17.2. The SMILES string of the molecule is CCCCn1c(=O)[nH]c(=O)c2c1nc(CSC1Nc3cc(C(=O)O)ccc3O1)n2CC. The molecule has 2 aromatic heterocycles. The molecule has 0 fully saturated rings. The first-order valence-electron chi connectivity index (χ1n) is 10.1. The average molecular weight is 446 g/mol. The number of aromatic carboxylic acids is 1. The summed E-state index contributed by atoms with van der Waals surface area (Å²) in [5, 5.41) is 12.3. The molecule has 0 spiro atoms. The first-order chi connectivity index (χ1) is 14.9. The van der Waals surface area contributed by atoms with Crippen LogP contribution in [0.1, 0.15) is 42.9 Å². The molecular weight excluding hydrogens is 422 g/mol. The molecule has 4 rings (SSSR count). The molecule has 31 heavy (non-hydrogen) atoms. The molecule has 1 aromatic carbocycles. The Bertz CT molecular complexity index is 1260. The van der Waals surface area contributed by atoms with Crippen molar-refractivity contribution in [3.63, 3.8) is 0 Å². The smallest absolute Gasteiger partial charge is 0.335 e. The van der Waals surface area contributed by atoms with Crippen LogP contribution in [0, 0.1) is 0 Å². The van der Waals surface area contributed by atoms with Crippen molar-refractivity contribution in [2.24, 2.45) is 0 Å². The number of benzene rings is 1. The number of aromatic amines is 1. The number of carboxylic acid groups (broad SMARTS) is 1. The van der Waals surface area contributed by atoms with E-state index < -0.39 is 22.8 Å². The molecule has 0 bridgehead atoms. The topological polar surface area (TPSA) is 131 Å². The molecule has 1 aliphatic rings. The van der Waals surface area contributed by atoms with Gasteiger partial charge in [-0.2, -0.15) is 0 Å². The van der Waals surface area contributed by atoms with Crippen molar-refractivity contribution < 1.29 is 14.6 Å². The maximum absolute atomic E-state index is 12.5. The number of aryl methyl sites for hydroxylation is 2. The number of ether oxygens (including phenoxy) is 1. The summed E-state index contributed by atoms with van der Waals surface area (Å²) in [5.41, 5.74) is 0.268. The third kappa shape index (κ3) is 3.92. The lowest BCUT2D eigenvalue weighted by Gasteiger charge is -2.11. The fraction of sp³-hybridized carbons (Fsp3) is 0.400. The van der Waals surface area contributed by atoms with Crippen molar-refractivity contribution in [1.82, 2.24) is 19.1 Å². The van der Waals surface area contributed by atoms with E-state index in [-0.39, 0.29) is 5.56 Å². The summed E-state index contributed by atoms with van der Waals surface area (Å²) in [6.45, 7) is 4.98. The molecule has 0 aliphatic carbocycles. The van der Waals surface area contributed by atoms with Gasteiger partial charge in [0.15, 0.2) is 11.2 Å². The van der Waals surface area contributed by atoms with Crippen LogP contribution in [0.2, 0.25) is 0 Å². The molecule has 0 radical (unpaired) electrons. The van der Waals surface area contributed by atoms with E-state index >= 15 is 0 Å². The molecule has 1 atom stereocenters. The molecule has 164 valence electrons. The molecule has 3 heterocycles. The lowest BCUT2D eigenvalue weighted by molar-refractivity contribution is 0.0697. The van der Waals surface area contributed by atoms with Gasteiger partial charge in [0, 0.05) is 13.1 Å². The van der Waals surface area contributed by atoms with Gasteiger partial charge in [-0.3, -0.25) is 14.3 Å². The van der Waals surface area contributed by atoms with Crippen LogP contribution in [-0.4, -0.2) is 35.7 Å². The fourth-order valence-corrected chi connectivity index (χ4v) is 4.47. The average Bonchev–Trinajstić information content (AvgIpc) is 3.32. The molecule has 0 saturated heterocycles. The highest BCUT2D eigenvalue weighted by Crippen LogP contribution is 2.36. The van der Waals surface area contributed by atoms with Gasteiger partial charge in [-0.25, -0.2) is 14.6 Å². The molecular formula is C20H23N5O5S. The Kier molecular flexibility index (Phi) is 5.77. The van der Waals surface area contributed by atoms with Crippen LogP contribution < -0.4 is 21.3 Å². The Morgan fingerprint density at radius 1 is 1.29 bits per heavy atom. The zero-order chi connectivity index (χ0) is 22.1. The largest absolute Gasteiger partial charge is 0.478 e. The summed E-state index contributed by atoms with van der Waals surface area (Å²) in [4.78, 5) is 43.0. The zero-order valence-corrected chi connectivity index (χ0v) is 18.0. The first-order valence-corrected chi connectivity index (χ1v) is 11.1. The number of nitrogens with one attached hydrogen (secondary N) is 2. The maximum atomic E-state index is 12.5. The third-order valence-corrected chi connectivity index (χ3v) is 6.06. The number of carboxylic acids is 1. The normalized spacial score (nSPS) is 15.0. The van der Waals surface area contributed by atoms with Gasteiger partial charge in [-0.05, 0) is 31.5 Å². The highest BCUT2D eigenvalue weighted by atomic mass is 32.2. The predicted octanol–water partition coefficient (Wildman–Crippen LogP) is 2.43. The minimum Gasteiger partial charge on any atom is -0.478 e. The first kappa shape index (κ1) is 21.0. The molecule has 3 aromatic rings. The van der Waals surface area contributed by atoms with E-state index in [4.69, 9.17) is 9.84 Å². The highest BCUT2D eigenvalue weighted by Gasteiger charge is 2.25. The van der Waals surface area contributed by atoms with Crippen LogP contribution in [0.5, 0.6) is 5.75 Å². The van der Waals surface area contributed by atoms with Gasteiger partial charge in [-0.1, -0.05) is 25.1 Å². The number of fused-ring (bicyclic) bond motifs is 2. The number of nitrogens with zero attached hydrogens (tertiary/aromatic N) is 3. The van der Waals surface area contributed by atoms with Crippen molar-refractivity contribution in [1.29, 1.82) is 0 Å². The van der Waals surface area contributed by atoms with E-state index in [1.54, 1.807) is 6.07 Å². The second kappa shape index (κ2) is 8.50.